The minimum atomic E-state index is -0.429. The summed E-state index contributed by atoms with van der Waals surface area (Å²) in [5.41, 5.74) is 1.75. The molecule has 160 valence electrons. The first-order valence-electron chi connectivity index (χ1n) is 10.1. The van der Waals surface area contributed by atoms with Crippen molar-refractivity contribution >= 4 is 40.0 Å². The van der Waals surface area contributed by atoms with Crippen LogP contribution in [0.15, 0.2) is 59.4 Å². The average Bonchev–Trinajstić information content (AvgIpc) is 2.80. The molecule has 0 atom stereocenters. The van der Waals surface area contributed by atoms with Gasteiger partial charge in [0, 0.05) is 55.4 Å². The van der Waals surface area contributed by atoms with Crippen LogP contribution in [-0.2, 0) is 11.8 Å². The van der Waals surface area contributed by atoms with E-state index in [1.807, 2.05) is 36.4 Å². The number of halogens is 1. The van der Waals surface area contributed by atoms with Gasteiger partial charge in [0.2, 0.25) is 5.91 Å². The van der Waals surface area contributed by atoms with E-state index in [2.05, 4.69) is 10.2 Å². The van der Waals surface area contributed by atoms with E-state index < -0.39 is 5.91 Å². The van der Waals surface area contributed by atoms with Gasteiger partial charge in [-0.1, -0.05) is 29.8 Å². The van der Waals surface area contributed by atoms with Gasteiger partial charge >= 0.3 is 0 Å². The lowest BCUT2D eigenvalue weighted by Gasteiger charge is -2.36. The highest BCUT2D eigenvalue weighted by Crippen LogP contribution is 2.19. The van der Waals surface area contributed by atoms with E-state index in [4.69, 9.17) is 11.6 Å². The summed E-state index contributed by atoms with van der Waals surface area (Å²) < 4.78 is 1.50. The molecule has 4 rings (SSSR count). The van der Waals surface area contributed by atoms with Gasteiger partial charge in [0.1, 0.15) is 0 Å². The first-order valence-corrected chi connectivity index (χ1v) is 10.5. The highest BCUT2D eigenvalue weighted by atomic mass is 35.5. The van der Waals surface area contributed by atoms with Crippen molar-refractivity contribution in [1.82, 2.24) is 14.8 Å². The summed E-state index contributed by atoms with van der Waals surface area (Å²) in [7, 11) is 1.67. The third kappa shape index (κ3) is 4.41. The predicted octanol–water partition coefficient (Wildman–Crippen LogP) is 2.27. The van der Waals surface area contributed by atoms with Gasteiger partial charge in [0.25, 0.3) is 11.5 Å². The Kier molecular flexibility index (Phi) is 5.95. The van der Waals surface area contributed by atoms with Gasteiger partial charge in [-0.2, -0.15) is 0 Å². The number of fused-ring (bicyclic) bond motifs is 1. The molecular weight excluding hydrogens is 416 g/mol. The fourth-order valence-corrected chi connectivity index (χ4v) is 3.95. The van der Waals surface area contributed by atoms with E-state index in [-0.39, 0.29) is 23.6 Å². The fourth-order valence-electron chi connectivity index (χ4n) is 3.83. The zero-order valence-corrected chi connectivity index (χ0v) is 17.9. The fraction of sp³-hybridized carbons (Fsp3) is 0.261. The third-order valence-electron chi connectivity index (χ3n) is 5.62. The van der Waals surface area contributed by atoms with E-state index in [0.717, 1.165) is 5.69 Å². The van der Waals surface area contributed by atoms with E-state index in [0.29, 0.717) is 42.1 Å². The lowest BCUT2D eigenvalue weighted by Crippen LogP contribution is -2.51. The SMILES string of the molecule is Cn1c(=O)cc(C(=O)NCC(=O)N2CCN(c3ccc(Cl)cc3)CC2)c2ccccc21. The smallest absolute Gasteiger partial charge is 0.252 e. The number of aromatic nitrogens is 1. The molecule has 2 heterocycles. The second-order valence-corrected chi connectivity index (χ2v) is 7.94. The minimum absolute atomic E-state index is 0.108. The van der Waals surface area contributed by atoms with Crippen LogP contribution in [0.1, 0.15) is 10.4 Å². The molecule has 1 N–H and O–H groups in total. The van der Waals surface area contributed by atoms with Gasteiger partial charge in [-0.25, -0.2) is 0 Å². The molecule has 0 saturated carbocycles. The third-order valence-corrected chi connectivity index (χ3v) is 5.87. The summed E-state index contributed by atoms with van der Waals surface area (Å²) in [6.07, 6.45) is 0. The molecule has 7 nitrogen and oxygen atoms in total. The number of hydrogen-bond donors (Lipinski definition) is 1. The molecule has 1 saturated heterocycles. The van der Waals surface area contributed by atoms with E-state index >= 15 is 0 Å². The Balaban J connectivity index is 1.37. The molecule has 8 heteroatoms. The van der Waals surface area contributed by atoms with Crippen molar-refractivity contribution in [3.63, 3.8) is 0 Å². The molecule has 0 aliphatic carbocycles. The number of para-hydroxylation sites is 1. The van der Waals surface area contributed by atoms with Crippen LogP contribution in [0.3, 0.4) is 0 Å². The van der Waals surface area contributed by atoms with Gasteiger partial charge in [-0.3, -0.25) is 14.4 Å². The number of nitrogens with zero attached hydrogens (tertiary/aromatic N) is 3. The summed E-state index contributed by atoms with van der Waals surface area (Å²) in [6, 6.07) is 16.2. The molecule has 0 spiro atoms. The molecule has 2 aromatic carbocycles. The summed E-state index contributed by atoms with van der Waals surface area (Å²) in [5.74, 6) is -0.570. The summed E-state index contributed by atoms with van der Waals surface area (Å²) in [5, 5.41) is 4.04. The zero-order valence-electron chi connectivity index (χ0n) is 17.2. The lowest BCUT2D eigenvalue weighted by molar-refractivity contribution is -0.130. The maximum Gasteiger partial charge on any atom is 0.252 e. The number of benzene rings is 2. The Morgan fingerprint density at radius 1 is 1.00 bits per heavy atom. The Hall–Kier alpha value is -3.32. The molecule has 31 heavy (non-hydrogen) atoms. The molecule has 3 aromatic rings. The largest absolute Gasteiger partial charge is 0.368 e. The average molecular weight is 439 g/mol. The molecular formula is C23H23ClN4O3. The maximum atomic E-state index is 12.7. The first kappa shape index (κ1) is 20.9. The number of rotatable bonds is 4. The number of nitrogens with one attached hydrogen (secondary N) is 1. The van der Waals surface area contributed by atoms with Crippen molar-refractivity contribution in [3.8, 4) is 0 Å². The number of anilines is 1. The Bertz CT molecular complexity index is 1180. The van der Waals surface area contributed by atoms with Gasteiger partial charge in [0.15, 0.2) is 0 Å². The van der Waals surface area contributed by atoms with E-state index in [1.165, 1.54) is 10.6 Å². The summed E-state index contributed by atoms with van der Waals surface area (Å²) in [4.78, 5) is 41.5. The predicted molar refractivity (Wildman–Crippen MR) is 122 cm³/mol. The quantitative estimate of drug-likeness (QED) is 0.678. The highest BCUT2D eigenvalue weighted by Gasteiger charge is 2.22. The van der Waals surface area contributed by atoms with Gasteiger partial charge in [-0.15, -0.1) is 0 Å². The minimum Gasteiger partial charge on any atom is -0.368 e. The number of hydrogen-bond acceptors (Lipinski definition) is 4. The summed E-state index contributed by atoms with van der Waals surface area (Å²) in [6.45, 7) is 2.46. The van der Waals surface area contributed by atoms with Crippen LogP contribution in [0.2, 0.25) is 5.02 Å². The van der Waals surface area contributed by atoms with Crippen LogP contribution in [0.25, 0.3) is 10.9 Å². The zero-order chi connectivity index (χ0) is 22.0. The van der Waals surface area contributed by atoms with Crippen LogP contribution in [0, 0.1) is 0 Å². The number of carbonyl (C=O) groups is 2. The lowest BCUT2D eigenvalue weighted by atomic mass is 10.1. The number of carbonyl (C=O) groups excluding carboxylic acids is 2. The second-order valence-electron chi connectivity index (χ2n) is 7.50. The Labute approximate surface area is 184 Å². The van der Waals surface area contributed by atoms with Crippen molar-refractivity contribution in [2.75, 3.05) is 37.6 Å². The second kappa shape index (κ2) is 8.81. The molecule has 2 amide bonds. The monoisotopic (exact) mass is 438 g/mol. The first-order chi connectivity index (χ1) is 14.9. The highest BCUT2D eigenvalue weighted by molar-refractivity contribution is 6.30. The molecule has 0 unspecified atom stereocenters. The topological polar surface area (TPSA) is 74.6 Å². The molecule has 1 aromatic heterocycles. The van der Waals surface area contributed by atoms with Gasteiger partial charge < -0.3 is 19.7 Å². The van der Waals surface area contributed by atoms with Crippen molar-refractivity contribution in [2.24, 2.45) is 7.05 Å². The van der Waals surface area contributed by atoms with Crippen molar-refractivity contribution in [1.29, 1.82) is 0 Å². The van der Waals surface area contributed by atoms with E-state index in [9.17, 15) is 14.4 Å². The number of piperazine rings is 1. The molecule has 1 aliphatic rings. The van der Waals surface area contributed by atoms with Crippen molar-refractivity contribution < 1.29 is 9.59 Å². The maximum absolute atomic E-state index is 12.7. The van der Waals surface area contributed by atoms with Crippen molar-refractivity contribution in [2.45, 2.75) is 0 Å². The van der Waals surface area contributed by atoms with Crippen LogP contribution < -0.4 is 15.8 Å². The van der Waals surface area contributed by atoms with Crippen LogP contribution in [0.4, 0.5) is 5.69 Å². The Morgan fingerprint density at radius 3 is 2.39 bits per heavy atom. The normalized spacial score (nSPS) is 14.0. The molecule has 0 bridgehead atoms. The number of amides is 2. The van der Waals surface area contributed by atoms with Crippen molar-refractivity contribution in [3.05, 3.63) is 75.5 Å². The molecule has 0 radical (unpaired) electrons. The van der Waals surface area contributed by atoms with E-state index in [1.54, 1.807) is 24.1 Å². The standard InChI is InChI=1S/C23H23ClN4O3/c1-26-20-5-3-2-4-18(20)19(14-21(26)29)23(31)25-15-22(30)28-12-10-27(11-13-28)17-8-6-16(24)7-9-17/h2-9,14H,10-13,15H2,1H3,(H,25,31). The molecule has 1 aliphatic heterocycles. The van der Waals surface area contributed by atoms with Gasteiger partial charge in [-0.05, 0) is 30.3 Å². The summed E-state index contributed by atoms with van der Waals surface area (Å²) >= 11 is 5.94. The van der Waals surface area contributed by atoms with Crippen LogP contribution in [-0.4, -0.2) is 54.0 Å². The van der Waals surface area contributed by atoms with Crippen LogP contribution >= 0.6 is 11.6 Å². The Morgan fingerprint density at radius 2 is 1.68 bits per heavy atom. The number of pyridine rings is 1. The molecule has 1 fully saturated rings. The van der Waals surface area contributed by atoms with Crippen LogP contribution in [0.5, 0.6) is 0 Å². The van der Waals surface area contributed by atoms with Gasteiger partial charge in [0.05, 0.1) is 17.6 Å². The number of aryl methyl sites for hydroxylation is 1.